The molecule has 1 aromatic rings. The number of hydrogen-bond acceptors (Lipinski definition) is 4. The fourth-order valence-corrected chi connectivity index (χ4v) is 1.82. The topological polar surface area (TPSA) is 78.4 Å². The molecule has 1 aromatic heterocycles. The van der Waals surface area contributed by atoms with Gasteiger partial charge in [-0.1, -0.05) is 0 Å². The van der Waals surface area contributed by atoms with Crippen LogP contribution in [0.3, 0.4) is 0 Å². The third kappa shape index (κ3) is 2.59. The van der Waals surface area contributed by atoms with Crippen molar-refractivity contribution in [2.75, 3.05) is 18.4 Å². The van der Waals surface area contributed by atoms with E-state index in [1.54, 1.807) is 12.4 Å². The van der Waals surface area contributed by atoms with E-state index in [1.165, 1.54) is 11.2 Å². The van der Waals surface area contributed by atoms with Crippen molar-refractivity contribution in [2.45, 2.75) is 18.9 Å². The van der Waals surface area contributed by atoms with Crippen LogP contribution in [0.25, 0.3) is 0 Å². The highest BCUT2D eigenvalue weighted by atomic mass is 16.4. The van der Waals surface area contributed by atoms with Crippen molar-refractivity contribution >= 4 is 11.8 Å². The summed E-state index contributed by atoms with van der Waals surface area (Å²) in [6, 6.07) is 0.307. The van der Waals surface area contributed by atoms with Crippen molar-refractivity contribution in [2.24, 2.45) is 0 Å². The summed E-state index contributed by atoms with van der Waals surface area (Å²) in [5.74, 6) is 0. The van der Waals surface area contributed by atoms with Crippen molar-refractivity contribution in [1.82, 2.24) is 14.9 Å². The molecule has 0 spiro atoms. The highest BCUT2D eigenvalue weighted by molar-refractivity contribution is 5.65. The third-order valence-corrected chi connectivity index (χ3v) is 2.70. The van der Waals surface area contributed by atoms with Crippen LogP contribution in [0, 0.1) is 0 Å². The number of aromatic nitrogens is 2. The zero-order chi connectivity index (χ0) is 11.4. The average molecular weight is 222 g/mol. The Kier molecular flexibility index (Phi) is 3.19. The lowest BCUT2D eigenvalue weighted by Crippen LogP contribution is -2.41. The fourth-order valence-electron chi connectivity index (χ4n) is 1.82. The largest absolute Gasteiger partial charge is 0.465 e. The minimum atomic E-state index is -0.832. The molecule has 1 saturated heterocycles. The van der Waals surface area contributed by atoms with Gasteiger partial charge in [-0.05, 0) is 12.8 Å². The van der Waals surface area contributed by atoms with Gasteiger partial charge in [-0.3, -0.25) is 0 Å². The second kappa shape index (κ2) is 4.78. The molecule has 2 heterocycles. The Labute approximate surface area is 93.3 Å². The predicted molar refractivity (Wildman–Crippen MR) is 58.3 cm³/mol. The molecule has 0 aromatic carbocycles. The summed E-state index contributed by atoms with van der Waals surface area (Å²) in [6.45, 7) is 1.17. The number of piperidine rings is 1. The molecular formula is C10H14N4O2. The van der Waals surface area contributed by atoms with E-state index >= 15 is 0 Å². The first kappa shape index (κ1) is 10.7. The number of carbonyl (C=O) groups is 1. The van der Waals surface area contributed by atoms with Crippen LogP contribution < -0.4 is 5.32 Å². The van der Waals surface area contributed by atoms with Gasteiger partial charge in [0.1, 0.15) is 6.33 Å². The smallest absolute Gasteiger partial charge is 0.407 e. The summed E-state index contributed by atoms with van der Waals surface area (Å²) in [4.78, 5) is 20.0. The minimum absolute atomic E-state index is 0.307. The third-order valence-electron chi connectivity index (χ3n) is 2.70. The Morgan fingerprint density at radius 2 is 2.00 bits per heavy atom. The molecule has 0 bridgehead atoms. The van der Waals surface area contributed by atoms with Crippen LogP contribution in [0.2, 0.25) is 0 Å². The number of hydrogen-bond donors (Lipinski definition) is 2. The highest BCUT2D eigenvalue weighted by Gasteiger charge is 2.21. The van der Waals surface area contributed by atoms with Crippen LogP contribution in [0.15, 0.2) is 18.7 Å². The number of nitrogens with zero attached hydrogens (tertiary/aromatic N) is 3. The van der Waals surface area contributed by atoms with E-state index in [9.17, 15) is 4.79 Å². The zero-order valence-electron chi connectivity index (χ0n) is 8.83. The van der Waals surface area contributed by atoms with Crippen LogP contribution >= 0.6 is 0 Å². The lowest BCUT2D eigenvalue weighted by Gasteiger charge is -2.30. The fraction of sp³-hybridized carbons (Fsp3) is 0.500. The first-order valence-electron chi connectivity index (χ1n) is 5.25. The van der Waals surface area contributed by atoms with Gasteiger partial charge in [0, 0.05) is 19.1 Å². The molecule has 1 amide bonds. The van der Waals surface area contributed by atoms with Gasteiger partial charge < -0.3 is 15.3 Å². The number of carboxylic acid groups (broad SMARTS) is 1. The van der Waals surface area contributed by atoms with Gasteiger partial charge in [0.25, 0.3) is 0 Å². The molecule has 2 N–H and O–H groups in total. The molecule has 0 unspecified atom stereocenters. The van der Waals surface area contributed by atoms with E-state index < -0.39 is 6.09 Å². The summed E-state index contributed by atoms with van der Waals surface area (Å²) in [5.41, 5.74) is 0.885. The molecule has 0 aliphatic carbocycles. The van der Waals surface area contributed by atoms with E-state index in [2.05, 4.69) is 15.3 Å². The monoisotopic (exact) mass is 222 g/mol. The maximum absolute atomic E-state index is 10.7. The number of likely N-dealkylation sites (tertiary alicyclic amines) is 1. The Bertz CT molecular complexity index is 349. The van der Waals surface area contributed by atoms with E-state index in [0.717, 1.165) is 18.5 Å². The zero-order valence-corrected chi connectivity index (χ0v) is 8.83. The van der Waals surface area contributed by atoms with Crippen LogP contribution in [-0.2, 0) is 0 Å². The van der Waals surface area contributed by atoms with Crippen LogP contribution in [0.4, 0.5) is 10.5 Å². The molecule has 16 heavy (non-hydrogen) atoms. The first-order chi connectivity index (χ1) is 7.75. The molecule has 0 radical (unpaired) electrons. The van der Waals surface area contributed by atoms with Crippen molar-refractivity contribution in [3.8, 4) is 0 Å². The quantitative estimate of drug-likeness (QED) is 0.781. The number of anilines is 1. The number of rotatable bonds is 2. The van der Waals surface area contributed by atoms with Crippen molar-refractivity contribution < 1.29 is 9.90 Å². The van der Waals surface area contributed by atoms with Crippen LogP contribution in [0.5, 0.6) is 0 Å². The molecular weight excluding hydrogens is 208 g/mol. The van der Waals surface area contributed by atoms with Gasteiger partial charge in [-0.25, -0.2) is 14.8 Å². The Morgan fingerprint density at radius 3 is 2.56 bits per heavy atom. The maximum Gasteiger partial charge on any atom is 0.407 e. The van der Waals surface area contributed by atoms with Gasteiger partial charge in [0.15, 0.2) is 0 Å². The number of nitrogens with one attached hydrogen (secondary N) is 1. The standard InChI is InChI=1S/C10H14N4O2/c15-10(16)14-3-1-8(2-4-14)13-9-5-11-7-12-6-9/h5-8,13H,1-4H2,(H,15,16). The molecule has 86 valence electrons. The SMILES string of the molecule is O=C(O)N1CCC(Nc2cncnc2)CC1. The Balaban J connectivity index is 1.84. The highest BCUT2D eigenvalue weighted by Crippen LogP contribution is 2.15. The molecule has 6 heteroatoms. The van der Waals surface area contributed by atoms with E-state index in [0.29, 0.717) is 19.1 Å². The molecule has 1 aliphatic heterocycles. The molecule has 1 aliphatic rings. The van der Waals surface area contributed by atoms with Crippen molar-refractivity contribution in [3.05, 3.63) is 18.7 Å². The summed E-state index contributed by atoms with van der Waals surface area (Å²) >= 11 is 0. The van der Waals surface area contributed by atoms with Gasteiger partial charge in [-0.2, -0.15) is 0 Å². The maximum atomic E-state index is 10.7. The lowest BCUT2D eigenvalue weighted by molar-refractivity contribution is 0.134. The van der Waals surface area contributed by atoms with E-state index in [4.69, 9.17) is 5.11 Å². The Hall–Kier alpha value is -1.85. The minimum Gasteiger partial charge on any atom is -0.465 e. The van der Waals surface area contributed by atoms with Crippen LogP contribution in [-0.4, -0.2) is 45.2 Å². The summed E-state index contributed by atoms with van der Waals surface area (Å²) < 4.78 is 0. The van der Waals surface area contributed by atoms with E-state index in [1.807, 2.05) is 0 Å². The van der Waals surface area contributed by atoms with E-state index in [-0.39, 0.29) is 0 Å². The average Bonchev–Trinajstić information content (AvgIpc) is 2.31. The first-order valence-corrected chi connectivity index (χ1v) is 5.25. The summed E-state index contributed by atoms with van der Waals surface area (Å²) in [5, 5.41) is 12.1. The number of amides is 1. The molecule has 0 atom stereocenters. The molecule has 6 nitrogen and oxygen atoms in total. The van der Waals surface area contributed by atoms with Gasteiger partial charge in [0.05, 0.1) is 18.1 Å². The Morgan fingerprint density at radius 1 is 1.38 bits per heavy atom. The summed E-state index contributed by atoms with van der Waals surface area (Å²) in [7, 11) is 0. The molecule has 2 rings (SSSR count). The van der Waals surface area contributed by atoms with Gasteiger partial charge in [0.2, 0.25) is 0 Å². The lowest BCUT2D eigenvalue weighted by atomic mass is 10.1. The summed E-state index contributed by atoms with van der Waals surface area (Å²) in [6.07, 6.45) is 5.73. The molecule has 1 fully saturated rings. The second-order valence-electron chi connectivity index (χ2n) is 3.82. The van der Waals surface area contributed by atoms with Gasteiger partial charge >= 0.3 is 6.09 Å². The van der Waals surface area contributed by atoms with Gasteiger partial charge in [-0.15, -0.1) is 0 Å². The van der Waals surface area contributed by atoms with Crippen molar-refractivity contribution in [1.29, 1.82) is 0 Å². The van der Waals surface area contributed by atoms with Crippen LogP contribution in [0.1, 0.15) is 12.8 Å². The predicted octanol–water partition coefficient (Wildman–Crippen LogP) is 1.03. The van der Waals surface area contributed by atoms with Crippen molar-refractivity contribution in [3.63, 3.8) is 0 Å². The normalized spacial score (nSPS) is 17.1. The second-order valence-corrected chi connectivity index (χ2v) is 3.82. The molecule has 0 saturated carbocycles.